The Kier molecular flexibility index (Phi) is 6.24. The van der Waals surface area contributed by atoms with Crippen LogP contribution in [0.3, 0.4) is 0 Å². The lowest BCUT2D eigenvalue weighted by atomic mass is 9.92. The molecule has 2 aliphatic carbocycles. The molecule has 0 aliphatic heterocycles. The summed E-state index contributed by atoms with van der Waals surface area (Å²) < 4.78 is 0. The molecule has 7 nitrogen and oxygen atoms in total. The summed E-state index contributed by atoms with van der Waals surface area (Å²) in [6.45, 7) is 0. The number of carbonyl (C=O) groups is 2. The number of anilines is 1. The first kappa shape index (κ1) is 19.1. The number of nitrogens with zero attached hydrogens (tertiary/aromatic N) is 1. The number of aliphatic hydroxyl groups excluding tert-OH is 1. The number of urea groups is 1. The molecule has 0 bridgehead atoms. The van der Waals surface area contributed by atoms with Crippen LogP contribution >= 0.6 is 0 Å². The molecule has 1 aromatic carbocycles. The van der Waals surface area contributed by atoms with E-state index in [2.05, 4.69) is 15.8 Å². The highest BCUT2D eigenvalue weighted by molar-refractivity contribution is 5.89. The van der Waals surface area contributed by atoms with Gasteiger partial charge in [0.05, 0.1) is 6.10 Å². The Morgan fingerprint density at radius 2 is 2.00 bits per heavy atom. The second-order valence-electron chi connectivity index (χ2n) is 7.22. The predicted octanol–water partition coefficient (Wildman–Crippen LogP) is 2.99. The van der Waals surface area contributed by atoms with Crippen LogP contribution in [-0.2, 0) is 4.79 Å². The Labute approximate surface area is 158 Å². The maximum absolute atomic E-state index is 11.9. The lowest BCUT2D eigenvalue weighted by Crippen LogP contribution is -2.27. The zero-order valence-corrected chi connectivity index (χ0v) is 15.0. The number of amides is 2. The van der Waals surface area contributed by atoms with Crippen LogP contribution in [0.2, 0.25) is 0 Å². The van der Waals surface area contributed by atoms with Gasteiger partial charge in [-0.25, -0.2) is 10.2 Å². The monoisotopic (exact) mass is 371 g/mol. The topological polar surface area (TPSA) is 111 Å². The van der Waals surface area contributed by atoms with E-state index in [0.717, 1.165) is 12.8 Å². The van der Waals surface area contributed by atoms with E-state index in [4.69, 9.17) is 5.11 Å². The first-order valence-corrected chi connectivity index (χ1v) is 9.26. The quantitative estimate of drug-likeness (QED) is 0.350. The average molecular weight is 371 g/mol. The molecular weight excluding hydrogens is 346 g/mol. The largest absolute Gasteiger partial charge is 0.481 e. The summed E-state index contributed by atoms with van der Waals surface area (Å²) in [5, 5.41) is 25.8. The number of hydrogen-bond acceptors (Lipinski definition) is 4. The van der Waals surface area contributed by atoms with Gasteiger partial charge in [0, 0.05) is 24.2 Å². The number of carbonyl (C=O) groups excluding carboxylic acids is 1. The number of allylic oxidation sites excluding steroid dienone is 2. The number of carboxylic acid groups (broad SMARTS) is 1. The SMILES string of the molecule is O=C(O)CCC=C1C[C@H]2C[C@@H](O)[C@H](/C=N/NC(=O)Nc3ccccc3)[C@H]2C1. The van der Waals surface area contributed by atoms with Gasteiger partial charge in [-0.15, -0.1) is 0 Å². The molecule has 0 heterocycles. The fraction of sp³-hybridized carbons (Fsp3) is 0.450. The molecule has 2 saturated carbocycles. The molecule has 1 aromatic rings. The van der Waals surface area contributed by atoms with Gasteiger partial charge >= 0.3 is 12.0 Å². The van der Waals surface area contributed by atoms with E-state index in [1.54, 1.807) is 18.3 Å². The summed E-state index contributed by atoms with van der Waals surface area (Å²) >= 11 is 0. The van der Waals surface area contributed by atoms with Gasteiger partial charge < -0.3 is 15.5 Å². The second-order valence-corrected chi connectivity index (χ2v) is 7.22. The van der Waals surface area contributed by atoms with E-state index in [-0.39, 0.29) is 12.3 Å². The normalized spacial score (nSPS) is 28.4. The molecule has 4 atom stereocenters. The molecular formula is C20H25N3O4. The lowest BCUT2D eigenvalue weighted by Gasteiger charge is -2.16. The zero-order chi connectivity index (χ0) is 19.2. The van der Waals surface area contributed by atoms with Crippen molar-refractivity contribution in [3.05, 3.63) is 42.0 Å². The fourth-order valence-electron chi connectivity index (χ4n) is 4.14. The van der Waals surface area contributed by atoms with Gasteiger partial charge in [0.2, 0.25) is 0 Å². The summed E-state index contributed by atoms with van der Waals surface area (Å²) in [4.78, 5) is 22.5. The van der Waals surface area contributed by atoms with Crippen LogP contribution in [0.25, 0.3) is 0 Å². The Morgan fingerprint density at radius 1 is 1.22 bits per heavy atom. The molecule has 0 aromatic heterocycles. The van der Waals surface area contributed by atoms with E-state index in [0.29, 0.717) is 30.4 Å². The Hall–Kier alpha value is -2.67. The maximum atomic E-state index is 11.9. The highest BCUT2D eigenvalue weighted by Gasteiger charge is 2.45. The minimum absolute atomic E-state index is 0.0996. The standard InChI is InChI=1S/C20H25N3O4/c24-18-11-14-9-13(5-4-8-19(25)26)10-16(14)17(18)12-21-23-20(27)22-15-6-2-1-3-7-15/h1-3,5-7,12,14,16-18,24H,4,8-11H2,(H,25,26)(H2,22,23,27)/b13-5?,21-12+/t14-,16-,17+,18+/m0/s1. The molecule has 3 rings (SSSR count). The smallest absolute Gasteiger partial charge is 0.339 e. The number of hydrogen-bond donors (Lipinski definition) is 4. The number of aliphatic carboxylic acids is 1. The van der Waals surface area contributed by atoms with Gasteiger partial charge in [0.1, 0.15) is 0 Å². The van der Waals surface area contributed by atoms with Gasteiger partial charge in [0.25, 0.3) is 0 Å². The van der Waals surface area contributed by atoms with Crippen LogP contribution in [0.4, 0.5) is 10.5 Å². The van der Waals surface area contributed by atoms with Crippen LogP contribution in [-0.4, -0.2) is 34.5 Å². The molecule has 2 amide bonds. The first-order valence-electron chi connectivity index (χ1n) is 9.26. The van der Waals surface area contributed by atoms with E-state index < -0.39 is 18.1 Å². The van der Waals surface area contributed by atoms with Gasteiger partial charge in [-0.05, 0) is 49.7 Å². The van der Waals surface area contributed by atoms with Crippen LogP contribution in [0.15, 0.2) is 47.1 Å². The summed E-state index contributed by atoms with van der Waals surface area (Å²) in [7, 11) is 0. The van der Waals surface area contributed by atoms with Crippen LogP contribution < -0.4 is 10.7 Å². The zero-order valence-electron chi connectivity index (χ0n) is 15.0. The van der Waals surface area contributed by atoms with Gasteiger partial charge in [-0.2, -0.15) is 5.10 Å². The first-order chi connectivity index (χ1) is 13.0. The third kappa shape index (κ3) is 5.17. The molecule has 4 N–H and O–H groups in total. The third-order valence-electron chi connectivity index (χ3n) is 5.35. The maximum Gasteiger partial charge on any atom is 0.339 e. The van der Waals surface area contributed by atoms with Gasteiger partial charge in [0.15, 0.2) is 0 Å². The number of carboxylic acids is 1. The second kappa shape index (κ2) is 8.81. The minimum atomic E-state index is -0.787. The lowest BCUT2D eigenvalue weighted by molar-refractivity contribution is -0.136. The summed E-state index contributed by atoms with van der Waals surface area (Å²) in [5.74, 6) is -0.202. The highest BCUT2D eigenvalue weighted by Crippen LogP contribution is 2.49. The van der Waals surface area contributed by atoms with Crippen molar-refractivity contribution in [1.82, 2.24) is 5.43 Å². The van der Waals surface area contributed by atoms with Crippen molar-refractivity contribution in [2.75, 3.05) is 5.32 Å². The number of benzene rings is 1. The molecule has 2 fully saturated rings. The minimum Gasteiger partial charge on any atom is -0.481 e. The van der Waals surface area contributed by atoms with E-state index >= 15 is 0 Å². The van der Waals surface area contributed by atoms with Gasteiger partial charge in [-0.3, -0.25) is 4.79 Å². The average Bonchev–Trinajstić information content (AvgIpc) is 3.13. The van der Waals surface area contributed by atoms with Gasteiger partial charge in [-0.1, -0.05) is 29.8 Å². The number of hydrazone groups is 1. The fourth-order valence-corrected chi connectivity index (χ4v) is 4.14. The Morgan fingerprint density at radius 3 is 2.74 bits per heavy atom. The Bertz CT molecular complexity index is 732. The summed E-state index contributed by atoms with van der Waals surface area (Å²) in [6, 6.07) is 8.66. The van der Waals surface area contributed by atoms with Crippen molar-refractivity contribution in [3.8, 4) is 0 Å². The van der Waals surface area contributed by atoms with Crippen molar-refractivity contribution in [3.63, 3.8) is 0 Å². The van der Waals surface area contributed by atoms with Crippen LogP contribution in [0, 0.1) is 17.8 Å². The number of aliphatic hydroxyl groups is 1. The molecule has 144 valence electrons. The number of nitrogens with one attached hydrogen (secondary N) is 2. The van der Waals surface area contributed by atoms with E-state index in [1.807, 2.05) is 24.3 Å². The van der Waals surface area contributed by atoms with Crippen molar-refractivity contribution in [2.24, 2.45) is 22.9 Å². The molecule has 0 unspecified atom stereocenters. The van der Waals surface area contributed by atoms with Crippen molar-refractivity contribution < 1.29 is 19.8 Å². The van der Waals surface area contributed by atoms with Crippen LogP contribution in [0.1, 0.15) is 32.1 Å². The molecule has 2 aliphatic rings. The predicted molar refractivity (Wildman–Crippen MR) is 102 cm³/mol. The molecule has 27 heavy (non-hydrogen) atoms. The number of rotatable bonds is 6. The third-order valence-corrected chi connectivity index (χ3v) is 5.35. The van der Waals surface area contributed by atoms with Crippen LogP contribution in [0.5, 0.6) is 0 Å². The molecule has 0 radical (unpaired) electrons. The van der Waals surface area contributed by atoms with Crippen molar-refractivity contribution in [1.29, 1.82) is 0 Å². The molecule has 0 spiro atoms. The number of para-hydroxylation sites is 1. The highest BCUT2D eigenvalue weighted by atomic mass is 16.4. The molecule has 7 heteroatoms. The van der Waals surface area contributed by atoms with Crippen molar-refractivity contribution >= 4 is 23.9 Å². The summed E-state index contributed by atoms with van der Waals surface area (Å²) in [6.07, 6.45) is 6.39. The number of fused-ring (bicyclic) bond motifs is 1. The van der Waals surface area contributed by atoms with E-state index in [9.17, 15) is 14.7 Å². The van der Waals surface area contributed by atoms with E-state index in [1.165, 1.54) is 5.57 Å². The molecule has 0 saturated heterocycles. The summed E-state index contributed by atoms with van der Waals surface area (Å²) in [5.41, 5.74) is 4.39. The Balaban J connectivity index is 1.51. The van der Waals surface area contributed by atoms with Crippen molar-refractivity contribution in [2.45, 2.75) is 38.2 Å².